The zero-order valence-corrected chi connectivity index (χ0v) is 29.2. The standard InChI is InChI=1S/C36H55NO6Si/c1-10-11-18-27(32(39)40)25-31(38)30(37-33(41)43-34(2,3)4)26-36(8,9)23-24-42-44(35(5,6)7,28-19-14-12-15-20-28)29-21-16-13-17-22-29/h10-17,19-22,27,30-31,38H,18,23-26H2,1-9H3,(H,37,41)(H,39,40)/t27-,30+,31+/m1/s1. The summed E-state index contributed by atoms with van der Waals surface area (Å²) in [4.78, 5) is 24.8. The lowest BCUT2D eigenvalue weighted by Crippen LogP contribution is -2.66. The van der Waals surface area contributed by atoms with Gasteiger partial charge >= 0.3 is 12.1 Å². The van der Waals surface area contributed by atoms with Gasteiger partial charge in [0.15, 0.2) is 0 Å². The fraction of sp³-hybridized carbons (Fsp3) is 0.556. The van der Waals surface area contributed by atoms with E-state index in [2.05, 4.69) is 88.5 Å². The van der Waals surface area contributed by atoms with Crippen LogP contribution in [-0.4, -0.2) is 54.9 Å². The number of nitrogens with one attached hydrogen (secondary N) is 1. The summed E-state index contributed by atoms with van der Waals surface area (Å²) in [6, 6.07) is 20.3. The lowest BCUT2D eigenvalue weighted by Gasteiger charge is -2.44. The Hall–Kier alpha value is -2.94. The van der Waals surface area contributed by atoms with Gasteiger partial charge in [0.25, 0.3) is 8.32 Å². The number of benzene rings is 2. The number of alkyl carbamates (subject to hydrolysis) is 1. The van der Waals surface area contributed by atoms with Gasteiger partial charge in [0.2, 0.25) is 0 Å². The third-order valence-corrected chi connectivity index (χ3v) is 13.0. The first-order valence-electron chi connectivity index (χ1n) is 15.7. The summed E-state index contributed by atoms with van der Waals surface area (Å²) in [5, 5.41) is 26.2. The number of hydrogen-bond acceptors (Lipinski definition) is 5. The summed E-state index contributed by atoms with van der Waals surface area (Å²) in [5.41, 5.74) is -1.08. The molecule has 0 saturated carbocycles. The molecule has 3 N–H and O–H groups in total. The highest BCUT2D eigenvalue weighted by atomic mass is 28.4. The van der Waals surface area contributed by atoms with E-state index in [-0.39, 0.29) is 16.9 Å². The second-order valence-corrected chi connectivity index (χ2v) is 18.8. The molecule has 8 heteroatoms. The Morgan fingerprint density at radius 1 is 0.909 bits per heavy atom. The van der Waals surface area contributed by atoms with Crippen molar-refractivity contribution in [3.05, 3.63) is 72.8 Å². The normalized spacial score (nSPS) is 15.0. The number of aliphatic hydroxyl groups excluding tert-OH is 1. The van der Waals surface area contributed by atoms with Crippen LogP contribution in [-0.2, 0) is 14.0 Å². The molecule has 0 aliphatic rings. The van der Waals surface area contributed by atoms with Crippen molar-refractivity contribution < 1.29 is 29.0 Å². The first-order valence-corrected chi connectivity index (χ1v) is 17.6. The van der Waals surface area contributed by atoms with E-state index in [4.69, 9.17) is 9.16 Å². The van der Waals surface area contributed by atoms with Crippen LogP contribution >= 0.6 is 0 Å². The van der Waals surface area contributed by atoms with Crippen LogP contribution in [0.5, 0.6) is 0 Å². The van der Waals surface area contributed by atoms with Crippen molar-refractivity contribution in [3.8, 4) is 0 Å². The second kappa shape index (κ2) is 15.9. The van der Waals surface area contributed by atoms with Gasteiger partial charge in [0.1, 0.15) is 5.60 Å². The molecule has 0 heterocycles. The molecule has 244 valence electrons. The van der Waals surface area contributed by atoms with Gasteiger partial charge in [-0.15, -0.1) is 0 Å². The first-order chi connectivity index (χ1) is 20.4. The number of rotatable bonds is 15. The van der Waals surface area contributed by atoms with Crippen molar-refractivity contribution in [1.82, 2.24) is 5.32 Å². The maximum atomic E-state index is 12.8. The third-order valence-electron chi connectivity index (χ3n) is 7.98. The molecule has 0 saturated heterocycles. The smallest absolute Gasteiger partial charge is 0.407 e. The van der Waals surface area contributed by atoms with Crippen LogP contribution in [0.1, 0.15) is 88.0 Å². The minimum absolute atomic E-state index is 0.00871. The molecule has 0 aliphatic carbocycles. The van der Waals surface area contributed by atoms with Crippen LogP contribution in [0.2, 0.25) is 5.04 Å². The summed E-state index contributed by atoms with van der Waals surface area (Å²) in [6.07, 6.45) is 3.26. The van der Waals surface area contributed by atoms with Gasteiger partial charge < -0.3 is 24.7 Å². The van der Waals surface area contributed by atoms with Crippen LogP contribution < -0.4 is 15.7 Å². The molecule has 1 amide bonds. The average molecular weight is 626 g/mol. The zero-order chi connectivity index (χ0) is 33.2. The van der Waals surface area contributed by atoms with E-state index in [1.807, 2.05) is 19.1 Å². The van der Waals surface area contributed by atoms with Gasteiger partial charge in [0, 0.05) is 6.61 Å². The predicted octanol–water partition coefficient (Wildman–Crippen LogP) is 6.68. The zero-order valence-electron chi connectivity index (χ0n) is 28.2. The quantitative estimate of drug-likeness (QED) is 0.151. The molecule has 44 heavy (non-hydrogen) atoms. The van der Waals surface area contributed by atoms with Gasteiger partial charge in [-0.1, -0.05) is 107 Å². The molecule has 0 aliphatic heterocycles. The Bertz CT molecular complexity index is 1160. The highest BCUT2D eigenvalue weighted by molar-refractivity contribution is 6.99. The fourth-order valence-electron chi connectivity index (χ4n) is 5.74. The van der Waals surface area contributed by atoms with Crippen molar-refractivity contribution in [1.29, 1.82) is 0 Å². The Morgan fingerprint density at radius 3 is 1.86 bits per heavy atom. The molecule has 2 aromatic rings. The molecule has 0 radical (unpaired) electrons. The molecule has 0 fully saturated rings. The monoisotopic (exact) mass is 625 g/mol. The average Bonchev–Trinajstić information content (AvgIpc) is 2.92. The number of carboxylic acids is 1. The number of carbonyl (C=O) groups excluding carboxylic acids is 1. The largest absolute Gasteiger partial charge is 0.481 e. The van der Waals surface area contributed by atoms with Crippen molar-refractivity contribution >= 4 is 30.8 Å². The molecule has 0 aromatic heterocycles. The van der Waals surface area contributed by atoms with Crippen LogP contribution in [0.4, 0.5) is 4.79 Å². The summed E-state index contributed by atoms with van der Waals surface area (Å²) in [5.74, 6) is -1.75. The van der Waals surface area contributed by atoms with Crippen molar-refractivity contribution in [2.24, 2.45) is 11.3 Å². The van der Waals surface area contributed by atoms with Crippen molar-refractivity contribution in [2.75, 3.05) is 6.61 Å². The highest BCUT2D eigenvalue weighted by Gasteiger charge is 2.50. The number of carboxylic acid groups (broad SMARTS) is 1. The Kier molecular flexibility index (Phi) is 13.4. The number of aliphatic hydroxyl groups is 1. The van der Waals surface area contributed by atoms with E-state index < -0.39 is 44.0 Å². The maximum Gasteiger partial charge on any atom is 0.407 e. The minimum Gasteiger partial charge on any atom is -0.481 e. The maximum absolute atomic E-state index is 12.8. The number of aliphatic carboxylic acids is 1. The molecule has 0 spiro atoms. The van der Waals surface area contributed by atoms with Crippen molar-refractivity contribution in [3.63, 3.8) is 0 Å². The summed E-state index contributed by atoms with van der Waals surface area (Å²) < 4.78 is 12.6. The molecule has 0 unspecified atom stereocenters. The predicted molar refractivity (Wildman–Crippen MR) is 181 cm³/mol. The Balaban J connectivity index is 2.33. The lowest BCUT2D eigenvalue weighted by atomic mass is 9.80. The molecule has 7 nitrogen and oxygen atoms in total. The van der Waals surface area contributed by atoms with Crippen LogP contribution in [0.3, 0.4) is 0 Å². The number of ether oxygens (including phenoxy) is 1. The number of allylic oxidation sites excluding steroid dienone is 2. The van der Waals surface area contributed by atoms with Gasteiger partial charge in [0.05, 0.1) is 18.1 Å². The fourth-order valence-corrected chi connectivity index (χ4v) is 10.3. The van der Waals surface area contributed by atoms with Gasteiger partial charge in [-0.25, -0.2) is 4.79 Å². The topological polar surface area (TPSA) is 105 Å². The number of hydrogen-bond donors (Lipinski definition) is 3. The van der Waals surface area contributed by atoms with E-state index in [9.17, 15) is 19.8 Å². The first kappa shape index (κ1) is 37.2. The summed E-state index contributed by atoms with van der Waals surface area (Å²) in [7, 11) is -2.72. The van der Waals surface area contributed by atoms with E-state index in [1.54, 1.807) is 32.9 Å². The van der Waals surface area contributed by atoms with Gasteiger partial charge in [-0.05, 0) is 74.2 Å². The molecule has 3 atom stereocenters. The number of carbonyl (C=O) groups is 2. The highest BCUT2D eigenvalue weighted by Crippen LogP contribution is 2.38. The Labute approximate surface area is 266 Å². The molecule has 2 aromatic carbocycles. The summed E-state index contributed by atoms with van der Waals surface area (Å²) in [6.45, 7) is 18.6. The third kappa shape index (κ3) is 10.9. The van der Waals surface area contributed by atoms with Crippen LogP contribution in [0, 0.1) is 11.3 Å². The van der Waals surface area contributed by atoms with Gasteiger partial charge in [-0.2, -0.15) is 0 Å². The summed E-state index contributed by atoms with van der Waals surface area (Å²) >= 11 is 0. The SMILES string of the molecule is CC=CC[C@H](C[C@H](O)[C@H](CC(C)(C)CCO[Si](c1ccccc1)(c1ccccc1)C(C)(C)C)NC(=O)OC(C)(C)C)C(=O)O. The molecule has 2 rings (SSSR count). The van der Waals surface area contributed by atoms with E-state index >= 15 is 0 Å². The molecule has 0 bridgehead atoms. The van der Waals surface area contributed by atoms with Gasteiger partial charge in [-0.3, -0.25) is 4.79 Å². The molecular weight excluding hydrogens is 570 g/mol. The number of amides is 1. The Morgan fingerprint density at radius 2 is 1.43 bits per heavy atom. The van der Waals surface area contributed by atoms with E-state index in [0.717, 1.165) is 0 Å². The lowest BCUT2D eigenvalue weighted by molar-refractivity contribution is -0.142. The van der Waals surface area contributed by atoms with E-state index in [0.29, 0.717) is 25.9 Å². The molecular formula is C36H55NO6Si. The van der Waals surface area contributed by atoms with Crippen LogP contribution in [0.25, 0.3) is 0 Å². The van der Waals surface area contributed by atoms with E-state index in [1.165, 1.54) is 10.4 Å². The second-order valence-electron chi connectivity index (χ2n) is 14.5. The van der Waals surface area contributed by atoms with Crippen molar-refractivity contribution in [2.45, 2.75) is 111 Å². The van der Waals surface area contributed by atoms with Crippen LogP contribution in [0.15, 0.2) is 72.8 Å². The minimum atomic E-state index is -2.72.